The van der Waals surface area contributed by atoms with Crippen molar-refractivity contribution in [3.63, 3.8) is 0 Å². The quantitative estimate of drug-likeness (QED) is 0.291. The smallest absolute Gasteiger partial charge is 0.280 e. The Balaban J connectivity index is 1.53. The van der Waals surface area contributed by atoms with Crippen molar-refractivity contribution in [2.75, 3.05) is 13.7 Å². The van der Waals surface area contributed by atoms with Crippen LogP contribution in [-0.4, -0.2) is 38.0 Å². The molecule has 0 fully saturated rings. The van der Waals surface area contributed by atoms with Crippen molar-refractivity contribution in [2.45, 2.75) is 19.5 Å². The van der Waals surface area contributed by atoms with E-state index >= 15 is 0 Å². The van der Waals surface area contributed by atoms with Crippen molar-refractivity contribution in [3.8, 4) is 11.4 Å². The normalized spacial score (nSPS) is 11.2. The van der Waals surface area contributed by atoms with Gasteiger partial charge in [0.2, 0.25) is 0 Å². The number of halogens is 1. The average Bonchev–Trinajstić information content (AvgIpc) is 3.24. The minimum absolute atomic E-state index is 0.187. The van der Waals surface area contributed by atoms with Crippen LogP contribution in [0.1, 0.15) is 17.0 Å². The summed E-state index contributed by atoms with van der Waals surface area (Å²) in [5.74, 6) is 0.799. The molecular formula is C27H25ClN6O3. The summed E-state index contributed by atoms with van der Waals surface area (Å²) in [5, 5.41) is 7.29. The van der Waals surface area contributed by atoms with Crippen molar-refractivity contribution in [3.05, 3.63) is 116 Å². The van der Waals surface area contributed by atoms with Crippen LogP contribution >= 0.6 is 11.6 Å². The summed E-state index contributed by atoms with van der Waals surface area (Å²) >= 11 is 6.37. The number of aromatic nitrogens is 5. The van der Waals surface area contributed by atoms with Crippen molar-refractivity contribution in [1.29, 1.82) is 0 Å². The van der Waals surface area contributed by atoms with E-state index in [2.05, 4.69) is 20.4 Å². The first-order valence-corrected chi connectivity index (χ1v) is 12.1. The van der Waals surface area contributed by atoms with Gasteiger partial charge in [-0.2, -0.15) is 0 Å². The number of aromatic amines is 1. The number of H-pyrrole nitrogens is 1. The molecule has 0 unspecified atom stereocenters. The second kappa shape index (κ2) is 10.8. The van der Waals surface area contributed by atoms with Crippen LogP contribution in [0.3, 0.4) is 0 Å². The van der Waals surface area contributed by atoms with Crippen LogP contribution in [0.2, 0.25) is 5.02 Å². The van der Waals surface area contributed by atoms with Crippen LogP contribution in [0.4, 0.5) is 0 Å². The molecule has 0 aliphatic rings. The highest BCUT2D eigenvalue weighted by Gasteiger charge is 2.19. The summed E-state index contributed by atoms with van der Waals surface area (Å²) in [6.07, 6.45) is 5.50. The number of nitrogens with zero attached hydrogens (tertiary/aromatic N) is 4. The number of rotatable bonds is 9. The van der Waals surface area contributed by atoms with E-state index in [9.17, 15) is 9.59 Å². The van der Waals surface area contributed by atoms with Gasteiger partial charge in [-0.1, -0.05) is 35.9 Å². The Hall–Kier alpha value is -4.21. The number of ether oxygens (including phenoxy) is 1. The number of para-hydroxylation sites is 1. The number of pyridine rings is 1. The summed E-state index contributed by atoms with van der Waals surface area (Å²) in [4.78, 5) is 35.3. The monoisotopic (exact) mass is 516 g/mol. The Morgan fingerprint density at radius 2 is 1.95 bits per heavy atom. The maximum absolute atomic E-state index is 13.6. The Bertz CT molecular complexity index is 1660. The fourth-order valence-electron chi connectivity index (χ4n) is 4.31. The van der Waals surface area contributed by atoms with Crippen LogP contribution in [-0.2, 0) is 19.5 Å². The molecule has 5 rings (SSSR count). The van der Waals surface area contributed by atoms with Crippen molar-refractivity contribution < 1.29 is 4.74 Å². The molecule has 0 saturated carbocycles. The molecular weight excluding hydrogens is 492 g/mol. The Kier molecular flexibility index (Phi) is 7.16. The maximum Gasteiger partial charge on any atom is 0.280 e. The first kappa shape index (κ1) is 24.5. The summed E-state index contributed by atoms with van der Waals surface area (Å²) in [6.45, 7) is 1.12. The SMILES string of the molecule is COc1cccc(CCNCc2c3c(=O)n(-c4ccccc4Cl)[nH]c3cc(=O)n2Cc2cnccn2)c1. The third kappa shape index (κ3) is 5.18. The van der Waals surface area contributed by atoms with Gasteiger partial charge in [-0.15, -0.1) is 0 Å². The van der Waals surface area contributed by atoms with Gasteiger partial charge < -0.3 is 14.6 Å². The van der Waals surface area contributed by atoms with Gasteiger partial charge in [-0.05, 0) is 42.8 Å². The van der Waals surface area contributed by atoms with Gasteiger partial charge in [0.05, 0.1) is 52.9 Å². The van der Waals surface area contributed by atoms with Gasteiger partial charge in [-0.3, -0.25) is 24.7 Å². The highest BCUT2D eigenvalue weighted by atomic mass is 35.5. The van der Waals surface area contributed by atoms with Crippen molar-refractivity contribution >= 4 is 22.5 Å². The van der Waals surface area contributed by atoms with Crippen molar-refractivity contribution in [2.24, 2.45) is 0 Å². The van der Waals surface area contributed by atoms with E-state index in [1.807, 2.05) is 24.3 Å². The average molecular weight is 517 g/mol. The Labute approximate surface area is 217 Å². The molecule has 0 saturated heterocycles. The van der Waals surface area contributed by atoms with Crippen LogP contribution < -0.4 is 21.2 Å². The molecule has 10 heteroatoms. The maximum atomic E-state index is 13.6. The largest absolute Gasteiger partial charge is 0.497 e. The Morgan fingerprint density at radius 1 is 1.08 bits per heavy atom. The van der Waals surface area contributed by atoms with Gasteiger partial charge >= 0.3 is 0 Å². The standard InChI is InChI=1S/C27H25ClN6O3/c1-37-20-6-4-5-18(13-20)9-10-29-16-24-26-22(14-25(35)33(24)17-19-15-30-11-12-31-19)32-34(27(26)36)23-8-3-2-7-21(23)28/h2-8,11-15,29,32H,9-10,16-17H2,1H3. The topological polar surface area (TPSA) is 107 Å². The molecule has 0 radical (unpaired) electrons. The number of methoxy groups -OCH3 is 1. The lowest BCUT2D eigenvalue weighted by molar-refractivity contribution is 0.414. The van der Waals surface area contributed by atoms with E-state index in [1.165, 1.54) is 10.7 Å². The Morgan fingerprint density at radius 3 is 2.73 bits per heavy atom. The number of hydrogen-bond acceptors (Lipinski definition) is 6. The zero-order valence-electron chi connectivity index (χ0n) is 20.1. The molecule has 5 aromatic rings. The lowest BCUT2D eigenvalue weighted by atomic mass is 10.1. The lowest BCUT2D eigenvalue weighted by Crippen LogP contribution is -2.29. The second-order valence-corrected chi connectivity index (χ2v) is 8.89. The van der Waals surface area contributed by atoms with E-state index in [0.29, 0.717) is 46.1 Å². The number of hydrogen-bond donors (Lipinski definition) is 2. The molecule has 188 valence electrons. The molecule has 37 heavy (non-hydrogen) atoms. The zero-order chi connectivity index (χ0) is 25.8. The van der Waals surface area contributed by atoms with Gasteiger partial charge in [0, 0.05) is 25.0 Å². The first-order chi connectivity index (χ1) is 18.0. The molecule has 0 bridgehead atoms. The minimum Gasteiger partial charge on any atom is -0.497 e. The first-order valence-electron chi connectivity index (χ1n) is 11.8. The molecule has 3 aromatic heterocycles. The number of nitrogens with one attached hydrogen (secondary N) is 2. The lowest BCUT2D eigenvalue weighted by Gasteiger charge is -2.14. The predicted molar refractivity (Wildman–Crippen MR) is 143 cm³/mol. The zero-order valence-corrected chi connectivity index (χ0v) is 20.9. The predicted octanol–water partition coefficient (Wildman–Crippen LogP) is 3.31. The van der Waals surface area contributed by atoms with Crippen molar-refractivity contribution in [1.82, 2.24) is 29.6 Å². The minimum atomic E-state index is -0.291. The molecule has 0 atom stereocenters. The van der Waals surface area contributed by atoms with E-state index < -0.39 is 0 Å². The van der Waals surface area contributed by atoms with E-state index in [1.54, 1.807) is 54.5 Å². The number of fused-ring (bicyclic) bond motifs is 1. The summed E-state index contributed by atoms with van der Waals surface area (Å²) in [6, 6.07) is 16.4. The van der Waals surface area contributed by atoms with Gasteiger partial charge in [0.1, 0.15) is 5.75 Å². The van der Waals surface area contributed by atoms with Gasteiger partial charge in [0.25, 0.3) is 11.1 Å². The molecule has 2 aromatic carbocycles. The van der Waals surface area contributed by atoms with Crippen LogP contribution in [0.25, 0.3) is 16.6 Å². The molecule has 9 nitrogen and oxygen atoms in total. The van der Waals surface area contributed by atoms with Crippen LogP contribution in [0.5, 0.6) is 5.75 Å². The van der Waals surface area contributed by atoms with Crippen LogP contribution in [0, 0.1) is 0 Å². The summed E-state index contributed by atoms with van der Waals surface area (Å²) in [7, 11) is 1.64. The molecule has 0 amide bonds. The van der Waals surface area contributed by atoms with E-state index in [-0.39, 0.29) is 17.7 Å². The molecule has 0 spiro atoms. The number of benzene rings is 2. The summed E-state index contributed by atoms with van der Waals surface area (Å²) in [5.41, 5.74) is 2.69. The van der Waals surface area contributed by atoms with Gasteiger partial charge in [0.15, 0.2) is 0 Å². The second-order valence-electron chi connectivity index (χ2n) is 8.48. The molecule has 2 N–H and O–H groups in total. The molecule has 0 aliphatic heterocycles. The van der Waals surface area contributed by atoms with E-state index in [4.69, 9.17) is 16.3 Å². The van der Waals surface area contributed by atoms with Crippen LogP contribution in [0.15, 0.2) is 82.8 Å². The highest BCUT2D eigenvalue weighted by molar-refractivity contribution is 6.32. The van der Waals surface area contributed by atoms with Gasteiger partial charge in [-0.25, -0.2) is 4.68 Å². The fraction of sp³-hybridized carbons (Fsp3) is 0.185. The molecule has 0 aliphatic carbocycles. The fourth-order valence-corrected chi connectivity index (χ4v) is 4.53. The third-order valence-corrected chi connectivity index (χ3v) is 6.43. The molecule has 3 heterocycles. The highest BCUT2D eigenvalue weighted by Crippen LogP contribution is 2.21. The van der Waals surface area contributed by atoms with E-state index in [0.717, 1.165) is 17.7 Å². The summed E-state index contributed by atoms with van der Waals surface area (Å²) < 4.78 is 8.25. The third-order valence-electron chi connectivity index (χ3n) is 6.11.